The number of hydrogen-bond acceptors (Lipinski definition) is 2. The quantitative estimate of drug-likeness (QED) is 0.673. The molecule has 0 spiro atoms. The number of ether oxygens (including phenoxy) is 1. The van der Waals surface area contributed by atoms with Crippen LogP contribution in [0.1, 0.15) is 66.2 Å². The van der Waals surface area contributed by atoms with E-state index in [2.05, 4.69) is 32.6 Å². The summed E-state index contributed by atoms with van der Waals surface area (Å²) in [6.45, 7) is 12.5. The Bertz CT molecular complexity index is 536. The van der Waals surface area contributed by atoms with Gasteiger partial charge in [-0.3, -0.25) is 0 Å². The number of rotatable bonds is 1. The van der Waals surface area contributed by atoms with Crippen LogP contribution in [0.15, 0.2) is 46.8 Å². The van der Waals surface area contributed by atoms with E-state index in [1.807, 2.05) is 13.8 Å². The Morgan fingerprint density at radius 3 is 2.64 bits per heavy atom. The molecule has 2 nitrogen and oxygen atoms in total. The lowest BCUT2D eigenvalue weighted by Crippen LogP contribution is -2.45. The number of hydrogen-bond donors (Lipinski definition) is 1. The van der Waals surface area contributed by atoms with E-state index in [1.165, 1.54) is 11.1 Å². The molecule has 22 heavy (non-hydrogen) atoms. The zero-order valence-corrected chi connectivity index (χ0v) is 14.5. The third-order valence-electron chi connectivity index (χ3n) is 4.91. The van der Waals surface area contributed by atoms with E-state index >= 15 is 0 Å². The second-order valence-corrected chi connectivity index (χ2v) is 7.17. The Kier molecular flexibility index (Phi) is 5.33. The Labute approximate surface area is 135 Å². The molecule has 0 radical (unpaired) electrons. The molecular weight excluding hydrogens is 272 g/mol. The summed E-state index contributed by atoms with van der Waals surface area (Å²) in [5, 5.41) is 10.6. The van der Waals surface area contributed by atoms with Crippen LogP contribution in [0.2, 0.25) is 0 Å². The first-order chi connectivity index (χ1) is 10.3. The minimum Gasteiger partial charge on any atom is -0.489 e. The maximum Gasteiger partial charge on any atom is 0.132 e. The van der Waals surface area contributed by atoms with E-state index in [-0.39, 0.29) is 0 Å². The smallest absolute Gasteiger partial charge is 0.132 e. The monoisotopic (exact) mass is 302 g/mol. The van der Waals surface area contributed by atoms with E-state index in [0.717, 1.165) is 49.0 Å². The van der Waals surface area contributed by atoms with Crippen molar-refractivity contribution in [3.63, 3.8) is 0 Å². The summed E-state index contributed by atoms with van der Waals surface area (Å²) < 4.78 is 6.34. The van der Waals surface area contributed by atoms with Crippen LogP contribution in [0, 0.1) is 0 Å². The molecule has 0 saturated carbocycles. The molecular formula is C20H30O2. The first kappa shape index (κ1) is 17.1. The molecule has 2 aliphatic rings. The van der Waals surface area contributed by atoms with Gasteiger partial charge in [0.1, 0.15) is 11.4 Å². The predicted molar refractivity (Wildman–Crippen MR) is 92.6 cm³/mol. The molecule has 2 heterocycles. The average Bonchev–Trinajstić information content (AvgIpc) is 2.41. The molecule has 0 aromatic heterocycles. The van der Waals surface area contributed by atoms with Crippen molar-refractivity contribution in [2.24, 2.45) is 0 Å². The third kappa shape index (κ3) is 3.92. The topological polar surface area (TPSA) is 29.5 Å². The summed E-state index contributed by atoms with van der Waals surface area (Å²) in [6.07, 6.45) is 9.62. The molecule has 2 heteroatoms. The van der Waals surface area contributed by atoms with Gasteiger partial charge in [-0.1, -0.05) is 35.5 Å². The van der Waals surface area contributed by atoms with Crippen LogP contribution >= 0.6 is 0 Å². The third-order valence-corrected chi connectivity index (χ3v) is 4.91. The molecule has 0 aromatic rings. The van der Waals surface area contributed by atoms with Crippen LogP contribution in [0.3, 0.4) is 0 Å². The van der Waals surface area contributed by atoms with Gasteiger partial charge in [0.2, 0.25) is 0 Å². The van der Waals surface area contributed by atoms with Gasteiger partial charge in [-0.2, -0.15) is 0 Å². The van der Waals surface area contributed by atoms with Gasteiger partial charge < -0.3 is 9.84 Å². The minimum absolute atomic E-state index is 0.469. The van der Waals surface area contributed by atoms with E-state index in [9.17, 15) is 5.11 Å². The molecule has 2 atom stereocenters. The first-order valence-corrected chi connectivity index (χ1v) is 8.38. The van der Waals surface area contributed by atoms with Gasteiger partial charge in [-0.15, -0.1) is 0 Å². The van der Waals surface area contributed by atoms with Crippen molar-refractivity contribution in [1.29, 1.82) is 0 Å². The van der Waals surface area contributed by atoms with Crippen LogP contribution in [-0.2, 0) is 4.74 Å². The Morgan fingerprint density at radius 1 is 1.27 bits per heavy atom. The molecule has 0 fully saturated rings. The summed E-state index contributed by atoms with van der Waals surface area (Å²) in [5.41, 5.74) is 4.37. The van der Waals surface area contributed by atoms with Gasteiger partial charge in [0, 0.05) is 12.8 Å². The Hall–Kier alpha value is -1.28. The fraction of sp³-hybridized carbons (Fsp3) is 0.600. The average molecular weight is 302 g/mol. The van der Waals surface area contributed by atoms with Crippen molar-refractivity contribution in [3.8, 4) is 0 Å². The zero-order valence-electron chi connectivity index (χ0n) is 14.5. The van der Waals surface area contributed by atoms with Gasteiger partial charge in [-0.25, -0.2) is 0 Å². The van der Waals surface area contributed by atoms with Crippen molar-refractivity contribution in [1.82, 2.24) is 0 Å². The molecule has 0 aliphatic carbocycles. The number of allylic oxidation sites excluding steroid dienone is 5. The first-order valence-electron chi connectivity index (χ1n) is 8.38. The Morgan fingerprint density at radius 2 is 1.95 bits per heavy atom. The molecule has 1 N–H and O–H groups in total. The summed E-state index contributed by atoms with van der Waals surface area (Å²) in [4.78, 5) is 0. The highest BCUT2D eigenvalue weighted by Crippen LogP contribution is 2.40. The lowest BCUT2D eigenvalue weighted by Gasteiger charge is -2.41. The molecule has 2 aliphatic heterocycles. The largest absolute Gasteiger partial charge is 0.489 e. The highest BCUT2D eigenvalue weighted by atomic mass is 16.5. The summed E-state index contributed by atoms with van der Waals surface area (Å²) in [7, 11) is 0. The fourth-order valence-corrected chi connectivity index (χ4v) is 3.29. The fourth-order valence-electron chi connectivity index (χ4n) is 3.29. The molecule has 0 aromatic carbocycles. The van der Waals surface area contributed by atoms with Crippen molar-refractivity contribution in [3.05, 3.63) is 46.8 Å². The molecule has 0 saturated heterocycles. The van der Waals surface area contributed by atoms with E-state index in [4.69, 9.17) is 4.74 Å². The molecule has 2 bridgehead atoms. The highest BCUT2D eigenvalue weighted by Gasteiger charge is 2.40. The molecule has 0 amide bonds. The van der Waals surface area contributed by atoms with Crippen LogP contribution in [0.25, 0.3) is 0 Å². The maximum absolute atomic E-state index is 10.6. The number of aliphatic hydroxyl groups excluding tert-OH is 1. The minimum atomic E-state index is -0.495. The summed E-state index contributed by atoms with van der Waals surface area (Å²) in [6, 6.07) is 0. The molecule has 2 rings (SSSR count). The lowest BCUT2D eigenvalue weighted by molar-refractivity contribution is -0.101. The molecule has 0 unspecified atom stereocenters. The predicted octanol–water partition coefficient (Wildman–Crippen LogP) is 5.21. The van der Waals surface area contributed by atoms with Gasteiger partial charge in [0.15, 0.2) is 0 Å². The van der Waals surface area contributed by atoms with Crippen LogP contribution in [0.5, 0.6) is 0 Å². The maximum atomic E-state index is 10.6. The second kappa shape index (κ2) is 6.87. The summed E-state index contributed by atoms with van der Waals surface area (Å²) >= 11 is 0. The van der Waals surface area contributed by atoms with Crippen molar-refractivity contribution in [2.75, 3.05) is 0 Å². The van der Waals surface area contributed by atoms with Gasteiger partial charge in [0.25, 0.3) is 0 Å². The van der Waals surface area contributed by atoms with E-state index in [0.29, 0.717) is 6.42 Å². The second-order valence-electron chi connectivity index (χ2n) is 7.17. The van der Waals surface area contributed by atoms with Crippen molar-refractivity contribution in [2.45, 2.75) is 77.9 Å². The van der Waals surface area contributed by atoms with Crippen molar-refractivity contribution >= 4 is 0 Å². The van der Waals surface area contributed by atoms with Gasteiger partial charge >= 0.3 is 0 Å². The lowest BCUT2D eigenvalue weighted by atomic mass is 9.83. The van der Waals surface area contributed by atoms with Crippen molar-refractivity contribution < 1.29 is 9.84 Å². The van der Waals surface area contributed by atoms with E-state index < -0.39 is 11.7 Å². The zero-order chi connectivity index (χ0) is 16.3. The standard InChI is InChI=1S/C20H30O2/c1-14(2)17-13-19(21)20(5)11-7-10-15(3)8-6-9-16(4)12-18(17)22-20/h9-10,19,21H,1,6-8,11-13H2,2-5H3/t19-,20-/m0/s1. The SMILES string of the molecule is C=C(C)C1=C2CC(C)=CCCC(C)=CCC[C@](C)(O2)[C@@H](O)C1. The van der Waals surface area contributed by atoms with E-state index in [1.54, 1.807) is 0 Å². The molecule has 122 valence electrons. The van der Waals surface area contributed by atoms with Crippen LogP contribution in [-0.4, -0.2) is 16.8 Å². The van der Waals surface area contributed by atoms with Gasteiger partial charge in [-0.05, 0) is 59.0 Å². The van der Waals surface area contributed by atoms with Crippen LogP contribution in [0.4, 0.5) is 0 Å². The number of aliphatic hydroxyl groups is 1. The van der Waals surface area contributed by atoms with Crippen LogP contribution < -0.4 is 0 Å². The Balaban J connectivity index is 2.38. The normalized spacial score (nSPS) is 30.5. The number of fused-ring (bicyclic) bond motifs is 2. The summed E-state index contributed by atoms with van der Waals surface area (Å²) in [5.74, 6) is 1.01. The van der Waals surface area contributed by atoms with Gasteiger partial charge in [0.05, 0.1) is 6.10 Å². The highest BCUT2D eigenvalue weighted by molar-refractivity contribution is 5.34.